The monoisotopic (exact) mass is 318 g/mol. The van der Waals surface area contributed by atoms with E-state index in [-0.39, 0.29) is 11.2 Å². The van der Waals surface area contributed by atoms with Crippen LogP contribution < -0.4 is 14.4 Å². The lowest BCUT2D eigenvalue weighted by molar-refractivity contribution is -0.909. The van der Waals surface area contributed by atoms with Crippen molar-refractivity contribution in [1.82, 2.24) is 4.98 Å². The molecule has 0 radical (unpaired) electrons. The van der Waals surface area contributed by atoms with Crippen molar-refractivity contribution in [3.63, 3.8) is 0 Å². The highest BCUT2D eigenvalue weighted by atomic mass is 32.2. The molecule has 1 amide bonds. The van der Waals surface area contributed by atoms with Crippen LogP contribution in [0.3, 0.4) is 0 Å². The van der Waals surface area contributed by atoms with Crippen LogP contribution in [0.2, 0.25) is 0 Å². The summed E-state index contributed by atoms with van der Waals surface area (Å²) >= 11 is 1.50. The Morgan fingerprint density at radius 1 is 1.41 bits per heavy atom. The van der Waals surface area contributed by atoms with E-state index in [9.17, 15) is 10.0 Å². The fourth-order valence-corrected chi connectivity index (χ4v) is 3.49. The van der Waals surface area contributed by atoms with Crippen molar-refractivity contribution >= 4 is 23.4 Å². The van der Waals surface area contributed by atoms with Crippen molar-refractivity contribution in [2.24, 2.45) is 0 Å². The maximum absolute atomic E-state index is 12.7. The molecule has 3 rings (SSSR count). The second-order valence-corrected chi connectivity index (χ2v) is 5.83. The average molecular weight is 318 g/mol. The summed E-state index contributed by atoms with van der Waals surface area (Å²) in [6.07, 6.45) is 3.43. The highest BCUT2D eigenvalue weighted by molar-refractivity contribution is 7.99. The molecule has 0 aliphatic carbocycles. The molecule has 1 aliphatic rings. The Labute approximate surface area is 132 Å². The van der Waals surface area contributed by atoms with Crippen molar-refractivity contribution in [2.75, 3.05) is 25.3 Å². The van der Waals surface area contributed by atoms with Crippen LogP contribution in [0.15, 0.2) is 30.5 Å². The number of ether oxygens (including phenoxy) is 1. The first-order valence-corrected chi connectivity index (χ1v) is 7.97. The molecule has 1 N–H and O–H groups in total. The van der Waals surface area contributed by atoms with Crippen molar-refractivity contribution < 1.29 is 19.5 Å². The van der Waals surface area contributed by atoms with Crippen LogP contribution in [-0.2, 0) is 0 Å². The van der Waals surface area contributed by atoms with E-state index >= 15 is 0 Å². The molecule has 0 fully saturated rings. The third-order valence-electron chi connectivity index (χ3n) is 3.73. The van der Waals surface area contributed by atoms with E-state index in [4.69, 9.17) is 4.74 Å². The van der Waals surface area contributed by atoms with Crippen LogP contribution >= 0.6 is 11.8 Å². The number of aromatic nitrogens is 2. The zero-order valence-corrected chi connectivity index (χ0v) is 13.3. The van der Waals surface area contributed by atoms with Gasteiger partial charge in [0.2, 0.25) is 12.1 Å². The molecule has 1 atom stereocenters. The molecule has 7 heteroatoms. The summed E-state index contributed by atoms with van der Waals surface area (Å²) in [5.74, 6) is 0.297. The summed E-state index contributed by atoms with van der Waals surface area (Å²) in [6.45, 7) is 0. The highest BCUT2D eigenvalue weighted by Gasteiger charge is 2.39. The van der Waals surface area contributed by atoms with Gasteiger partial charge in [-0.15, -0.1) is 11.8 Å². The minimum atomic E-state index is -0.278. The number of hydrogen-bond acceptors (Lipinski definition) is 5. The minimum absolute atomic E-state index is 0.178. The molecule has 0 saturated heterocycles. The van der Waals surface area contributed by atoms with Crippen LogP contribution in [0.4, 0.5) is 5.69 Å². The number of carbonyl (C=O) groups is 1. The Morgan fingerprint density at radius 3 is 2.86 bits per heavy atom. The van der Waals surface area contributed by atoms with Crippen molar-refractivity contribution in [1.29, 1.82) is 0 Å². The lowest BCUT2D eigenvalue weighted by Gasteiger charge is -2.18. The number of thioether (sulfide) groups is 1. The maximum atomic E-state index is 12.7. The van der Waals surface area contributed by atoms with E-state index in [1.807, 2.05) is 12.3 Å². The van der Waals surface area contributed by atoms with E-state index < -0.39 is 0 Å². The predicted octanol–water partition coefficient (Wildman–Crippen LogP) is 1.66. The second-order valence-electron chi connectivity index (χ2n) is 4.89. The fraction of sp³-hybridized carbons (Fsp3) is 0.267. The van der Waals surface area contributed by atoms with Crippen LogP contribution in [0.1, 0.15) is 27.0 Å². The van der Waals surface area contributed by atoms with E-state index in [2.05, 4.69) is 4.98 Å². The quantitative estimate of drug-likeness (QED) is 0.674. The highest BCUT2D eigenvalue weighted by Crippen LogP contribution is 2.41. The lowest BCUT2D eigenvalue weighted by atomic mass is 10.1. The molecule has 2 aromatic rings. The normalized spacial score (nSPS) is 16.8. The molecule has 1 unspecified atom stereocenters. The molecule has 0 aromatic carbocycles. The number of fused-ring (bicyclic) bond motifs is 2. The van der Waals surface area contributed by atoms with Gasteiger partial charge in [0, 0.05) is 23.9 Å². The first-order valence-electron chi connectivity index (χ1n) is 6.68. The Morgan fingerprint density at radius 2 is 2.18 bits per heavy atom. The van der Waals surface area contributed by atoms with Crippen LogP contribution in [0, 0.1) is 0 Å². The number of hydrogen-bond donors (Lipinski definition) is 1. The Balaban J connectivity index is 2.34. The molecule has 0 spiro atoms. The molecule has 3 heterocycles. The third-order valence-corrected chi connectivity index (χ3v) is 4.65. The zero-order chi connectivity index (χ0) is 15.9. The molecule has 22 heavy (non-hydrogen) atoms. The van der Waals surface area contributed by atoms with Gasteiger partial charge >= 0.3 is 0 Å². The smallest absolute Gasteiger partial charge is 0.265 e. The van der Waals surface area contributed by atoms with Gasteiger partial charge in [0.05, 0.1) is 18.5 Å². The largest absolute Gasteiger partial charge is 0.481 e. The topological polar surface area (TPSA) is 66.5 Å². The van der Waals surface area contributed by atoms with Crippen LogP contribution in [-0.4, -0.2) is 36.5 Å². The second kappa shape index (κ2) is 5.49. The summed E-state index contributed by atoms with van der Waals surface area (Å²) in [5, 5.41) is 9.93. The standard InChI is InChI=1S/C15H16N3O3S/c1-17-10-6-7-11(21-2)16-12(10)14(22-3)13-9(15(17)19)5-4-8-18(13)20/h4-8,14,20H,1-3H3/q+1. The number of pyridine rings is 2. The molecule has 2 aromatic heterocycles. The molecule has 6 nitrogen and oxygen atoms in total. The zero-order valence-electron chi connectivity index (χ0n) is 12.5. The van der Waals surface area contributed by atoms with Gasteiger partial charge in [0.25, 0.3) is 11.6 Å². The van der Waals surface area contributed by atoms with Gasteiger partial charge in [0.15, 0.2) is 0 Å². The number of nitrogens with zero attached hydrogens (tertiary/aromatic N) is 3. The number of carbonyl (C=O) groups excluding carboxylic acids is 1. The Hall–Kier alpha value is -2.28. The van der Waals surface area contributed by atoms with Gasteiger partial charge in [-0.05, 0) is 18.4 Å². The summed E-state index contributed by atoms with van der Waals surface area (Å²) in [5.41, 5.74) is 2.38. The SMILES string of the molecule is COc1ccc2c(n1)C(SC)c1c(ccc[n+]1O)C(=O)N2C. The average Bonchev–Trinajstić information content (AvgIpc) is 2.63. The van der Waals surface area contributed by atoms with Gasteiger partial charge in [0.1, 0.15) is 10.8 Å². The third kappa shape index (κ3) is 2.09. The van der Waals surface area contributed by atoms with E-state index in [1.165, 1.54) is 18.0 Å². The van der Waals surface area contributed by atoms with Gasteiger partial charge in [-0.25, -0.2) is 4.98 Å². The van der Waals surface area contributed by atoms with Crippen molar-refractivity contribution in [3.05, 3.63) is 47.4 Å². The van der Waals surface area contributed by atoms with Gasteiger partial charge in [-0.2, -0.15) is 0 Å². The summed E-state index contributed by atoms with van der Waals surface area (Å²) in [4.78, 5) is 18.8. The van der Waals surface area contributed by atoms with Gasteiger partial charge < -0.3 is 9.64 Å². The van der Waals surface area contributed by atoms with E-state index in [0.717, 1.165) is 4.73 Å². The summed E-state index contributed by atoms with van der Waals surface area (Å²) < 4.78 is 6.20. The van der Waals surface area contributed by atoms with Crippen molar-refractivity contribution in [3.8, 4) is 5.88 Å². The molecule has 0 bridgehead atoms. The maximum Gasteiger partial charge on any atom is 0.265 e. The van der Waals surface area contributed by atoms with Gasteiger partial charge in [-0.3, -0.25) is 10.0 Å². The van der Waals surface area contributed by atoms with Crippen molar-refractivity contribution in [2.45, 2.75) is 5.25 Å². The molecule has 0 saturated carbocycles. The summed E-state index contributed by atoms with van der Waals surface area (Å²) in [6, 6.07) is 6.90. The van der Waals surface area contributed by atoms with E-state index in [1.54, 1.807) is 37.3 Å². The number of methoxy groups -OCH3 is 1. The van der Waals surface area contributed by atoms with Crippen LogP contribution in [0.25, 0.3) is 0 Å². The molecular weight excluding hydrogens is 302 g/mol. The first-order chi connectivity index (χ1) is 10.6. The fourth-order valence-electron chi connectivity index (χ4n) is 2.63. The van der Waals surface area contributed by atoms with Gasteiger partial charge in [-0.1, -0.05) is 0 Å². The number of rotatable bonds is 2. The Kier molecular flexibility index (Phi) is 3.66. The number of amides is 1. The molecule has 114 valence electrons. The lowest BCUT2D eigenvalue weighted by Crippen LogP contribution is -2.38. The Bertz CT molecular complexity index is 751. The first kappa shape index (κ1) is 14.6. The molecular formula is C15H16N3O3S+. The molecule has 1 aliphatic heterocycles. The minimum Gasteiger partial charge on any atom is -0.481 e. The number of anilines is 1. The van der Waals surface area contributed by atoms with E-state index in [0.29, 0.717) is 28.5 Å². The van der Waals surface area contributed by atoms with Crippen LogP contribution in [0.5, 0.6) is 5.88 Å². The predicted molar refractivity (Wildman–Crippen MR) is 82.7 cm³/mol. The summed E-state index contributed by atoms with van der Waals surface area (Å²) in [7, 11) is 3.26.